The zero-order valence-electron chi connectivity index (χ0n) is 16.2. The van der Waals surface area contributed by atoms with Gasteiger partial charge in [0.15, 0.2) is 0 Å². The summed E-state index contributed by atoms with van der Waals surface area (Å²) in [7, 11) is -4.17. The first kappa shape index (κ1) is 20.9. The predicted octanol–water partition coefficient (Wildman–Crippen LogP) is 3.79. The number of urea groups is 1. The highest BCUT2D eigenvalue weighted by atomic mass is 35.5. The van der Waals surface area contributed by atoms with Gasteiger partial charge in [-0.3, -0.25) is 9.69 Å². The average molecular weight is 456 g/mol. The Bertz CT molecular complexity index is 1250. The molecule has 0 spiro atoms. The van der Waals surface area contributed by atoms with Crippen molar-refractivity contribution < 1.29 is 18.0 Å². The third-order valence-corrected chi connectivity index (χ3v) is 6.74. The van der Waals surface area contributed by atoms with E-state index in [1.54, 1.807) is 24.3 Å². The Morgan fingerprint density at radius 3 is 2.39 bits per heavy atom. The summed E-state index contributed by atoms with van der Waals surface area (Å²) in [5, 5.41) is 3.04. The van der Waals surface area contributed by atoms with Crippen molar-refractivity contribution in [3.8, 4) is 0 Å². The van der Waals surface area contributed by atoms with E-state index in [1.807, 2.05) is 30.3 Å². The number of sulfonamides is 1. The minimum atomic E-state index is -4.17. The van der Waals surface area contributed by atoms with Crippen LogP contribution in [0.25, 0.3) is 0 Å². The molecule has 3 amide bonds. The molecule has 9 heteroatoms. The van der Waals surface area contributed by atoms with Crippen LogP contribution in [0.15, 0.2) is 83.8 Å². The fourth-order valence-corrected chi connectivity index (χ4v) is 5.08. The van der Waals surface area contributed by atoms with Crippen molar-refractivity contribution in [3.63, 3.8) is 0 Å². The predicted molar refractivity (Wildman–Crippen MR) is 119 cm³/mol. The maximum atomic E-state index is 13.3. The lowest BCUT2D eigenvalue weighted by atomic mass is 10.2. The molecule has 1 aliphatic rings. The molecule has 0 unspecified atom stereocenters. The van der Waals surface area contributed by atoms with Gasteiger partial charge in [-0.1, -0.05) is 60.1 Å². The van der Waals surface area contributed by atoms with Crippen molar-refractivity contribution >= 4 is 44.9 Å². The summed E-state index contributed by atoms with van der Waals surface area (Å²) < 4.78 is 27.1. The molecule has 31 heavy (non-hydrogen) atoms. The van der Waals surface area contributed by atoms with Gasteiger partial charge in [-0.25, -0.2) is 13.2 Å². The molecule has 4 rings (SSSR count). The lowest BCUT2D eigenvalue weighted by molar-refractivity contribution is -0.119. The van der Waals surface area contributed by atoms with Crippen LogP contribution in [0.4, 0.5) is 16.2 Å². The summed E-state index contributed by atoms with van der Waals surface area (Å²) in [6.07, 6.45) is 0. The molecule has 3 aromatic carbocycles. The normalized spacial score (nSPS) is 14.8. The van der Waals surface area contributed by atoms with Gasteiger partial charge in [-0.15, -0.1) is 0 Å². The molecule has 0 saturated carbocycles. The zero-order valence-corrected chi connectivity index (χ0v) is 17.8. The minimum absolute atomic E-state index is 0.0644. The van der Waals surface area contributed by atoms with Gasteiger partial charge in [0.1, 0.15) is 11.4 Å². The number of amides is 3. The van der Waals surface area contributed by atoms with Gasteiger partial charge < -0.3 is 5.32 Å². The number of carbonyl (C=O) groups excluding carboxylic acids is 2. The number of hydrogen-bond acceptors (Lipinski definition) is 4. The molecule has 7 nitrogen and oxygen atoms in total. The fraction of sp³-hybridized carbons (Fsp3) is 0.0909. The van der Waals surface area contributed by atoms with E-state index in [0.717, 1.165) is 10.5 Å². The molecule has 158 valence electrons. The van der Waals surface area contributed by atoms with Gasteiger partial charge in [0.2, 0.25) is 5.91 Å². The number of hydrogen-bond donors (Lipinski definition) is 1. The van der Waals surface area contributed by atoms with Gasteiger partial charge in [0.05, 0.1) is 11.4 Å². The van der Waals surface area contributed by atoms with Gasteiger partial charge >= 0.3 is 6.03 Å². The van der Waals surface area contributed by atoms with E-state index in [4.69, 9.17) is 11.6 Å². The van der Waals surface area contributed by atoms with E-state index in [2.05, 4.69) is 5.32 Å². The summed E-state index contributed by atoms with van der Waals surface area (Å²) >= 11 is 6.01. The van der Waals surface area contributed by atoms with Crippen LogP contribution in [0, 0.1) is 0 Å². The summed E-state index contributed by atoms with van der Waals surface area (Å²) in [5.74, 6) is -0.419. The quantitative estimate of drug-likeness (QED) is 0.634. The van der Waals surface area contributed by atoms with Crippen molar-refractivity contribution in [2.75, 3.05) is 15.7 Å². The highest BCUT2D eigenvalue weighted by molar-refractivity contribution is 7.94. The number of fused-ring (bicyclic) bond motifs is 1. The Kier molecular flexibility index (Phi) is 5.67. The third kappa shape index (κ3) is 4.12. The number of nitrogens with one attached hydrogen (secondary N) is 1. The molecule has 0 fully saturated rings. The highest BCUT2D eigenvalue weighted by Gasteiger charge is 2.43. The fourth-order valence-electron chi connectivity index (χ4n) is 3.31. The first-order valence-corrected chi connectivity index (χ1v) is 11.2. The van der Waals surface area contributed by atoms with Gasteiger partial charge in [0.25, 0.3) is 10.0 Å². The Hall–Kier alpha value is -3.36. The zero-order chi connectivity index (χ0) is 22.0. The summed E-state index contributed by atoms with van der Waals surface area (Å²) in [4.78, 5) is 27.0. The van der Waals surface area contributed by atoms with E-state index in [1.165, 1.54) is 24.3 Å². The highest BCUT2D eigenvalue weighted by Crippen LogP contribution is 2.37. The number of halogens is 1. The smallest absolute Gasteiger partial charge is 0.343 e. The van der Waals surface area contributed by atoms with E-state index in [0.29, 0.717) is 10.8 Å². The van der Waals surface area contributed by atoms with Crippen molar-refractivity contribution in [3.05, 3.63) is 89.4 Å². The van der Waals surface area contributed by atoms with E-state index >= 15 is 0 Å². The SMILES string of the molecule is O=C(CN1C(=O)N(c2cccc(Cl)c2)S(=O)(=O)c2ccccc21)NCc1ccccc1. The molecule has 0 saturated heterocycles. The second-order valence-electron chi connectivity index (χ2n) is 6.85. The van der Waals surface area contributed by atoms with Crippen LogP contribution >= 0.6 is 11.6 Å². The minimum Gasteiger partial charge on any atom is -0.350 e. The third-order valence-electron chi connectivity index (χ3n) is 4.76. The van der Waals surface area contributed by atoms with Gasteiger partial charge in [-0.2, -0.15) is 4.31 Å². The van der Waals surface area contributed by atoms with Crippen molar-refractivity contribution in [2.24, 2.45) is 0 Å². The molecule has 1 N–H and O–H groups in total. The second-order valence-corrected chi connectivity index (χ2v) is 9.04. The molecule has 1 aliphatic heterocycles. The molecule has 0 radical (unpaired) electrons. The van der Waals surface area contributed by atoms with Crippen molar-refractivity contribution in [1.29, 1.82) is 0 Å². The summed E-state index contributed by atoms with van der Waals surface area (Å²) in [6.45, 7) is -0.0467. The molecule has 0 bridgehead atoms. The lowest BCUT2D eigenvalue weighted by Gasteiger charge is -2.35. The van der Waals surface area contributed by atoms with Crippen molar-refractivity contribution in [1.82, 2.24) is 5.32 Å². The Labute approximate surface area is 184 Å². The number of carbonyl (C=O) groups is 2. The first-order chi connectivity index (χ1) is 14.9. The molecule has 3 aromatic rings. The number of anilines is 2. The van der Waals surface area contributed by atoms with Gasteiger partial charge in [-0.05, 0) is 35.9 Å². The first-order valence-electron chi connectivity index (χ1n) is 9.40. The van der Waals surface area contributed by atoms with Crippen molar-refractivity contribution in [2.45, 2.75) is 11.4 Å². The standard InChI is InChI=1S/C22H18ClN3O4S/c23-17-9-6-10-18(13-17)26-22(28)25(19-11-4-5-12-20(19)31(26,29)30)15-21(27)24-14-16-7-2-1-3-8-16/h1-13H,14-15H2,(H,24,27). The number of benzene rings is 3. The molecule has 0 aromatic heterocycles. The van der Waals surface area contributed by atoms with Gasteiger partial charge in [0, 0.05) is 11.6 Å². The largest absolute Gasteiger partial charge is 0.350 e. The lowest BCUT2D eigenvalue weighted by Crippen LogP contribution is -2.53. The molecular formula is C22H18ClN3O4S. The summed E-state index contributed by atoms with van der Waals surface area (Å²) in [5.41, 5.74) is 1.16. The van der Waals surface area contributed by atoms with E-state index < -0.39 is 22.0 Å². The Morgan fingerprint density at radius 1 is 0.935 bits per heavy atom. The monoisotopic (exact) mass is 455 g/mol. The number of nitrogens with zero attached hydrogens (tertiary/aromatic N) is 2. The number of rotatable bonds is 5. The topological polar surface area (TPSA) is 86.8 Å². The van der Waals surface area contributed by atoms with Crippen LogP contribution in [0.5, 0.6) is 0 Å². The maximum absolute atomic E-state index is 13.3. The molecule has 0 atom stereocenters. The van der Waals surface area contributed by atoms with Crippen LogP contribution in [0.3, 0.4) is 0 Å². The molecule has 1 heterocycles. The van der Waals surface area contributed by atoms with E-state index in [-0.39, 0.29) is 27.8 Å². The van der Waals surface area contributed by atoms with Crippen LogP contribution in [-0.2, 0) is 21.4 Å². The second kappa shape index (κ2) is 8.41. The van der Waals surface area contributed by atoms with E-state index in [9.17, 15) is 18.0 Å². The molecule has 0 aliphatic carbocycles. The van der Waals surface area contributed by atoms with Crippen LogP contribution in [0.1, 0.15) is 5.56 Å². The molecular weight excluding hydrogens is 438 g/mol. The number of para-hydroxylation sites is 1. The Balaban J connectivity index is 1.66. The van der Waals surface area contributed by atoms with Crippen LogP contribution < -0.4 is 14.5 Å². The Morgan fingerprint density at radius 2 is 1.65 bits per heavy atom. The maximum Gasteiger partial charge on any atom is 0.343 e. The average Bonchev–Trinajstić information content (AvgIpc) is 2.76. The summed E-state index contributed by atoms with van der Waals surface area (Å²) in [6, 6.07) is 20.6. The van der Waals surface area contributed by atoms with Crippen LogP contribution in [0.2, 0.25) is 5.02 Å². The van der Waals surface area contributed by atoms with Crippen LogP contribution in [-0.4, -0.2) is 26.9 Å².